The van der Waals surface area contributed by atoms with E-state index in [-0.39, 0.29) is 28.3 Å². The van der Waals surface area contributed by atoms with Gasteiger partial charge in [0.15, 0.2) is 24.3 Å². The molecular weight excluding hydrogens is 412 g/mol. The molecule has 2 fully saturated rings. The fraction of sp³-hybridized carbons (Fsp3) is 0.680. The fourth-order valence-corrected chi connectivity index (χ4v) is 6.84. The van der Waals surface area contributed by atoms with Gasteiger partial charge >= 0.3 is 12.1 Å². The maximum Gasteiger partial charge on any atom is 0.509 e. The lowest BCUT2D eigenvalue weighted by Crippen LogP contribution is -2.46. The number of rotatable bonds is 5. The minimum atomic E-state index is -1.32. The van der Waals surface area contributed by atoms with E-state index < -0.39 is 24.8 Å². The van der Waals surface area contributed by atoms with Crippen LogP contribution in [-0.4, -0.2) is 41.5 Å². The molecule has 0 aromatic rings. The molecule has 4 aliphatic carbocycles. The zero-order valence-corrected chi connectivity index (χ0v) is 19.0. The Hall–Kier alpha value is -2.44. The Labute approximate surface area is 188 Å². The van der Waals surface area contributed by atoms with Crippen LogP contribution in [0.4, 0.5) is 4.79 Å². The second-order valence-corrected chi connectivity index (χ2v) is 10.3. The zero-order valence-electron chi connectivity index (χ0n) is 19.0. The van der Waals surface area contributed by atoms with Crippen molar-refractivity contribution in [2.45, 2.75) is 71.8 Å². The number of carbonyl (C=O) groups is 4. The van der Waals surface area contributed by atoms with Crippen LogP contribution in [0.15, 0.2) is 23.3 Å². The summed E-state index contributed by atoms with van der Waals surface area (Å²) in [6.07, 6.45) is 7.69. The molecule has 0 aromatic carbocycles. The third-order valence-corrected chi connectivity index (χ3v) is 8.68. The van der Waals surface area contributed by atoms with Gasteiger partial charge < -0.3 is 14.6 Å². The second-order valence-electron chi connectivity index (χ2n) is 10.3. The Balaban J connectivity index is 1.46. The number of carbonyl (C=O) groups excluding carboxylic acids is 3. The molecule has 0 amide bonds. The van der Waals surface area contributed by atoms with E-state index in [2.05, 4.69) is 24.7 Å². The van der Waals surface area contributed by atoms with Crippen molar-refractivity contribution in [1.29, 1.82) is 0 Å². The Kier molecular flexibility index (Phi) is 5.80. The summed E-state index contributed by atoms with van der Waals surface area (Å²) in [5, 5.41) is 8.82. The normalized spacial score (nSPS) is 36.6. The number of ether oxygens (including phenoxy) is 2. The van der Waals surface area contributed by atoms with Crippen LogP contribution in [0, 0.1) is 28.6 Å². The molecule has 7 heteroatoms. The molecule has 0 spiro atoms. The summed E-state index contributed by atoms with van der Waals surface area (Å²) in [6.45, 7) is 5.30. The molecule has 0 heterocycles. The van der Waals surface area contributed by atoms with Gasteiger partial charge in [0, 0.05) is 17.8 Å². The summed E-state index contributed by atoms with van der Waals surface area (Å²) >= 11 is 0. The predicted octanol–water partition coefficient (Wildman–Crippen LogP) is 4.25. The van der Waals surface area contributed by atoms with E-state index in [1.165, 1.54) is 18.1 Å². The first-order chi connectivity index (χ1) is 15.1. The number of ketones is 2. The third kappa shape index (κ3) is 3.69. The van der Waals surface area contributed by atoms with E-state index in [0.29, 0.717) is 18.3 Å². The lowest BCUT2D eigenvalue weighted by Gasteiger charge is -2.53. The summed E-state index contributed by atoms with van der Waals surface area (Å²) < 4.78 is 9.58. The van der Waals surface area contributed by atoms with E-state index in [9.17, 15) is 19.2 Å². The highest BCUT2D eigenvalue weighted by molar-refractivity contribution is 5.92. The second kappa shape index (κ2) is 8.16. The molecule has 0 aromatic heterocycles. The number of fused-ring (bicyclic) bond motifs is 5. The van der Waals surface area contributed by atoms with Crippen LogP contribution >= 0.6 is 0 Å². The molecule has 0 bridgehead atoms. The topological polar surface area (TPSA) is 107 Å². The van der Waals surface area contributed by atoms with Gasteiger partial charge in [-0.15, -0.1) is 0 Å². The van der Waals surface area contributed by atoms with E-state index in [1.54, 1.807) is 0 Å². The predicted molar refractivity (Wildman–Crippen MR) is 115 cm³/mol. The molecule has 4 rings (SSSR count). The number of hydrogen-bond donors (Lipinski definition) is 1. The monoisotopic (exact) mass is 444 g/mol. The maximum atomic E-state index is 13.0. The van der Waals surface area contributed by atoms with Crippen molar-refractivity contribution in [2.75, 3.05) is 6.61 Å². The molecule has 0 radical (unpaired) electrons. The van der Waals surface area contributed by atoms with Gasteiger partial charge in [0.2, 0.25) is 0 Å². The quantitative estimate of drug-likeness (QED) is 0.499. The van der Waals surface area contributed by atoms with Crippen LogP contribution in [0.25, 0.3) is 0 Å². The van der Waals surface area contributed by atoms with Gasteiger partial charge in [0.25, 0.3) is 0 Å². The third-order valence-electron chi connectivity index (χ3n) is 8.68. The van der Waals surface area contributed by atoms with Gasteiger partial charge in [-0.2, -0.15) is 0 Å². The zero-order chi connectivity index (χ0) is 23.3. The smallest absolute Gasteiger partial charge is 0.479 e. The lowest BCUT2D eigenvalue weighted by molar-refractivity contribution is -0.147. The first kappa shape index (κ1) is 22.7. The van der Waals surface area contributed by atoms with Crippen molar-refractivity contribution in [2.24, 2.45) is 28.6 Å². The van der Waals surface area contributed by atoms with Gasteiger partial charge in [-0.25, -0.2) is 9.59 Å². The average molecular weight is 445 g/mol. The van der Waals surface area contributed by atoms with Crippen molar-refractivity contribution in [3.63, 3.8) is 0 Å². The van der Waals surface area contributed by atoms with Crippen molar-refractivity contribution in [3.05, 3.63) is 23.3 Å². The lowest BCUT2D eigenvalue weighted by atomic mass is 9.51. The Morgan fingerprint density at radius 1 is 1.19 bits per heavy atom. The van der Waals surface area contributed by atoms with Crippen molar-refractivity contribution >= 4 is 23.7 Å². The molecule has 32 heavy (non-hydrogen) atoms. The molecule has 0 aliphatic heterocycles. The van der Waals surface area contributed by atoms with Gasteiger partial charge in [0.05, 0.1) is 0 Å². The first-order valence-electron chi connectivity index (χ1n) is 11.6. The number of allylic oxidation sites excluding steroid dienone is 4. The number of aliphatic carboxylic acids is 1. The first-order valence-corrected chi connectivity index (χ1v) is 11.6. The van der Waals surface area contributed by atoms with Crippen LogP contribution in [-0.2, 0) is 23.9 Å². The highest BCUT2D eigenvalue weighted by Crippen LogP contribution is 2.64. The summed E-state index contributed by atoms with van der Waals surface area (Å²) in [5.41, 5.74) is 2.51. The molecule has 174 valence electrons. The Morgan fingerprint density at radius 2 is 1.94 bits per heavy atom. The van der Waals surface area contributed by atoms with E-state index in [4.69, 9.17) is 9.84 Å². The average Bonchev–Trinajstić information content (AvgIpc) is 3.09. The molecule has 0 saturated heterocycles. The van der Waals surface area contributed by atoms with E-state index >= 15 is 0 Å². The van der Waals surface area contributed by atoms with Crippen LogP contribution in [0.1, 0.15) is 65.7 Å². The molecular formula is C25H32O7. The maximum absolute atomic E-state index is 13.0. The minimum absolute atomic E-state index is 0.0338. The molecule has 6 atom stereocenters. The van der Waals surface area contributed by atoms with Crippen LogP contribution in [0.5, 0.6) is 0 Å². The Bertz CT molecular complexity index is 915. The SMILES string of the molecule is C[C@H](OC(=O)OCC(=O)C1CCC2C3CCC4=CC(=O)CCC4(C)C3=CCC12C)C(=O)O. The van der Waals surface area contributed by atoms with Gasteiger partial charge in [-0.1, -0.05) is 31.1 Å². The number of hydrogen-bond acceptors (Lipinski definition) is 6. The van der Waals surface area contributed by atoms with Gasteiger partial charge in [-0.3, -0.25) is 9.59 Å². The standard InChI is InChI=1S/C25H32O7/c1-14(22(28)29)32-23(30)31-13-21(27)20-7-6-18-17-5-4-15-12-16(26)8-10-24(15,2)19(17)9-11-25(18,20)3/h9,12,14,17-18,20H,4-8,10-11,13H2,1-3H3,(H,28,29)/t14-,17?,18?,20?,24?,25?/m0/s1. The van der Waals surface area contributed by atoms with Crippen LogP contribution < -0.4 is 0 Å². The van der Waals surface area contributed by atoms with Crippen molar-refractivity contribution in [1.82, 2.24) is 0 Å². The molecule has 2 saturated carbocycles. The van der Waals surface area contributed by atoms with Crippen LogP contribution in [0.3, 0.4) is 0 Å². The summed E-state index contributed by atoms with van der Waals surface area (Å²) in [6, 6.07) is 0. The van der Waals surface area contributed by atoms with E-state index in [0.717, 1.165) is 38.5 Å². The van der Waals surface area contributed by atoms with Crippen molar-refractivity contribution < 1.29 is 33.8 Å². The summed E-state index contributed by atoms with van der Waals surface area (Å²) in [7, 11) is 0. The highest BCUT2D eigenvalue weighted by Gasteiger charge is 2.57. The van der Waals surface area contributed by atoms with Crippen molar-refractivity contribution in [3.8, 4) is 0 Å². The van der Waals surface area contributed by atoms with Gasteiger partial charge in [0.1, 0.15) is 0 Å². The summed E-state index contributed by atoms with van der Waals surface area (Å²) in [4.78, 5) is 47.5. The minimum Gasteiger partial charge on any atom is -0.479 e. The molecule has 7 nitrogen and oxygen atoms in total. The van der Waals surface area contributed by atoms with Gasteiger partial charge in [-0.05, 0) is 68.8 Å². The number of carboxylic acids is 1. The number of carboxylic acid groups (broad SMARTS) is 1. The Morgan fingerprint density at radius 3 is 2.66 bits per heavy atom. The largest absolute Gasteiger partial charge is 0.509 e. The van der Waals surface area contributed by atoms with Crippen LogP contribution in [0.2, 0.25) is 0 Å². The fourth-order valence-electron chi connectivity index (χ4n) is 6.84. The highest BCUT2D eigenvalue weighted by atomic mass is 16.7. The number of Topliss-reactive ketones (excluding diaryl/α,β-unsaturated/α-hetero) is 1. The van der Waals surface area contributed by atoms with E-state index in [1.807, 2.05) is 6.08 Å². The summed E-state index contributed by atoms with van der Waals surface area (Å²) in [5.74, 6) is -0.549. The molecule has 5 unspecified atom stereocenters. The molecule has 1 N–H and O–H groups in total. The molecule has 4 aliphatic rings.